The normalized spacial score (nSPS) is 10.3. The van der Waals surface area contributed by atoms with Crippen LogP contribution in [0.2, 0.25) is 0 Å². The van der Waals surface area contributed by atoms with Crippen LogP contribution in [0.5, 0.6) is 5.75 Å². The molecule has 2 N–H and O–H groups in total. The fourth-order valence-corrected chi connectivity index (χ4v) is 3.76. The highest BCUT2D eigenvalue weighted by atomic mass is 32.1. The van der Waals surface area contributed by atoms with Crippen molar-refractivity contribution in [3.63, 3.8) is 0 Å². The first-order valence-corrected chi connectivity index (χ1v) is 9.83. The van der Waals surface area contributed by atoms with Crippen LogP contribution in [0.1, 0.15) is 20.1 Å². The predicted molar refractivity (Wildman–Crippen MR) is 104 cm³/mol. The molecule has 7 heteroatoms. The van der Waals surface area contributed by atoms with Crippen molar-refractivity contribution in [2.24, 2.45) is 0 Å². The molecule has 0 spiro atoms. The smallest absolute Gasteiger partial charge is 0.315 e. The summed E-state index contributed by atoms with van der Waals surface area (Å²) in [4.78, 5) is 25.7. The Labute approximate surface area is 159 Å². The van der Waals surface area contributed by atoms with E-state index in [0.29, 0.717) is 30.1 Å². The number of ketones is 1. The monoisotopic (exact) mass is 386 g/mol. The van der Waals surface area contributed by atoms with Gasteiger partial charge in [0.2, 0.25) is 5.78 Å². The molecule has 0 aliphatic rings. The number of carbonyl (C=O) groups excluding carboxylic acids is 2. The molecule has 2 aromatic heterocycles. The van der Waals surface area contributed by atoms with Crippen molar-refractivity contribution in [3.05, 3.63) is 74.6 Å². The van der Waals surface area contributed by atoms with E-state index in [1.807, 2.05) is 53.2 Å². The molecule has 3 rings (SSSR count). The summed E-state index contributed by atoms with van der Waals surface area (Å²) in [6.45, 7) is 1.19. The lowest BCUT2D eigenvalue weighted by molar-refractivity contribution is 0.104. The lowest BCUT2D eigenvalue weighted by Crippen LogP contribution is -2.37. The first-order chi connectivity index (χ1) is 12.7. The highest BCUT2D eigenvalue weighted by Gasteiger charge is 2.12. The number of amides is 2. The van der Waals surface area contributed by atoms with E-state index in [2.05, 4.69) is 10.6 Å². The summed E-state index contributed by atoms with van der Waals surface area (Å²) >= 11 is 2.89. The summed E-state index contributed by atoms with van der Waals surface area (Å²) in [7, 11) is 0. The second kappa shape index (κ2) is 9.17. The van der Waals surface area contributed by atoms with E-state index in [1.165, 1.54) is 22.7 Å². The predicted octanol–water partition coefficient (Wildman–Crippen LogP) is 3.92. The number of ether oxygens (including phenoxy) is 1. The molecule has 134 valence electrons. The molecule has 0 saturated heterocycles. The number of hydrogen-bond donors (Lipinski definition) is 2. The van der Waals surface area contributed by atoms with Crippen molar-refractivity contribution in [2.45, 2.75) is 6.54 Å². The maximum atomic E-state index is 12.3. The standard InChI is InChI=1S/C19H18N2O3S2/c22-18(14-8-11-25-13-14)17-7-6-16(26-17)12-21-19(23)20-9-10-24-15-4-2-1-3-5-15/h1-8,11,13H,9-10,12H2,(H2,20,21,23). The second-order valence-corrected chi connectivity index (χ2v) is 7.33. The summed E-state index contributed by atoms with van der Waals surface area (Å²) in [5.41, 5.74) is 0.701. The number of benzene rings is 1. The van der Waals surface area contributed by atoms with Crippen LogP contribution in [-0.2, 0) is 6.54 Å². The number of urea groups is 1. The lowest BCUT2D eigenvalue weighted by Gasteiger charge is -2.08. The first-order valence-electron chi connectivity index (χ1n) is 8.07. The SMILES string of the molecule is O=C(NCCOc1ccccc1)NCc1ccc(C(=O)c2ccsc2)s1. The van der Waals surface area contributed by atoms with Gasteiger partial charge < -0.3 is 15.4 Å². The molecule has 3 aromatic rings. The maximum absolute atomic E-state index is 12.3. The van der Waals surface area contributed by atoms with Gasteiger partial charge in [0.25, 0.3) is 0 Å². The Bertz CT molecular complexity index is 845. The van der Waals surface area contributed by atoms with Crippen LogP contribution in [-0.4, -0.2) is 25.0 Å². The van der Waals surface area contributed by atoms with Crippen LogP contribution in [0.4, 0.5) is 4.79 Å². The summed E-state index contributed by atoms with van der Waals surface area (Å²) in [5.74, 6) is 0.793. The van der Waals surface area contributed by atoms with Gasteiger partial charge in [-0.1, -0.05) is 18.2 Å². The van der Waals surface area contributed by atoms with Crippen LogP contribution in [0.25, 0.3) is 0 Å². The fourth-order valence-electron chi connectivity index (χ4n) is 2.21. The molecule has 2 amide bonds. The van der Waals surface area contributed by atoms with Gasteiger partial charge in [0, 0.05) is 15.8 Å². The van der Waals surface area contributed by atoms with Crippen molar-refractivity contribution < 1.29 is 14.3 Å². The molecule has 5 nitrogen and oxygen atoms in total. The second-order valence-electron chi connectivity index (χ2n) is 5.38. The molecular formula is C19H18N2O3S2. The molecule has 0 bridgehead atoms. The van der Waals surface area contributed by atoms with Crippen molar-refractivity contribution >= 4 is 34.5 Å². The van der Waals surface area contributed by atoms with E-state index in [9.17, 15) is 9.59 Å². The van der Waals surface area contributed by atoms with E-state index in [1.54, 1.807) is 6.07 Å². The number of nitrogens with one attached hydrogen (secondary N) is 2. The minimum atomic E-state index is -0.263. The Balaban J connectivity index is 1.37. The minimum Gasteiger partial charge on any atom is -0.492 e. The van der Waals surface area contributed by atoms with Crippen molar-refractivity contribution in [1.82, 2.24) is 10.6 Å². The largest absolute Gasteiger partial charge is 0.492 e. The Morgan fingerprint density at radius 1 is 1.00 bits per heavy atom. The molecule has 0 aliphatic heterocycles. The zero-order valence-electron chi connectivity index (χ0n) is 13.9. The molecule has 0 radical (unpaired) electrons. The number of rotatable bonds is 8. The number of para-hydroxylation sites is 1. The lowest BCUT2D eigenvalue weighted by atomic mass is 10.2. The Morgan fingerprint density at radius 2 is 1.85 bits per heavy atom. The zero-order chi connectivity index (χ0) is 18.2. The molecular weight excluding hydrogens is 368 g/mol. The Kier molecular flexibility index (Phi) is 6.40. The Hall–Kier alpha value is -2.64. The summed E-state index contributed by atoms with van der Waals surface area (Å²) in [6.07, 6.45) is 0. The highest BCUT2D eigenvalue weighted by molar-refractivity contribution is 7.14. The van der Waals surface area contributed by atoms with Gasteiger partial charge in [-0.3, -0.25) is 4.79 Å². The Morgan fingerprint density at radius 3 is 2.62 bits per heavy atom. The average molecular weight is 386 g/mol. The van der Waals surface area contributed by atoms with Gasteiger partial charge in [-0.05, 0) is 35.7 Å². The van der Waals surface area contributed by atoms with E-state index in [4.69, 9.17) is 4.74 Å². The van der Waals surface area contributed by atoms with E-state index in [0.717, 1.165) is 10.6 Å². The average Bonchev–Trinajstić information content (AvgIpc) is 3.36. The number of hydrogen-bond acceptors (Lipinski definition) is 5. The zero-order valence-corrected chi connectivity index (χ0v) is 15.6. The third kappa shape index (κ3) is 5.18. The maximum Gasteiger partial charge on any atom is 0.315 e. The van der Waals surface area contributed by atoms with Gasteiger partial charge in [0.15, 0.2) is 0 Å². The van der Waals surface area contributed by atoms with Crippen LogP contribution in [0.3, 0.4) is 0 Å². The van der Waals surface area contributed by atoms with Gasteiger partial charge >= 0.3 is 6.03 Å². The van der Waals surface area contributed by atoms with Crippen molar-refractivity contribution in [2.75, 3.05) is 13.2 Å². The van der Waals surface area contributed by atoms with Crippen LogP contribution in [0, 0.1) is 0 Å². The summed E-state index contributed by atoms with van der Waals surface area (Å²) < 4.78 is 5.51. The third-order valence-electron chi connectivity index (χ3n) is 3.49. The van der Waals surface area contributed by atoms with E-state index in [-0.39, 0.29) is 11.8 Å². The van der Waals surface area contributed by atoms with Crippen molar-refractivity contribution in [1.29, 1.82) is 0 Å². The van der Waals surface area contributed by atoms with E-state index < -0.39 is 0 Å². The summed E-state index contributed by atoms with van der Waals surface area (Å²) in [6, 6.07) is 14.7. The van der Waals surface area contributed by atoms with Crippen LogP contribution in [0.15, 0.2) is 59.3 Å². The molecule has 0 atom stereocenters. The molecule has 0 aliphatic carbocycles. The van der Waals surface area contributed by atoms with E-state index >= 15 is 0 Å². The topological polar surface area (TPSA) is 67.4 Å². The molecule has 26 heavy (non-hydrogen) atoms. The molecule has 0 unspecified atom stereocenters. The fraction of sp³-hybridized carbons (Fsp3) is 0.158. The van der Waals surface area contributed by atoms with Gasteiger partial charge in [-0.25, -0.2) is 4.79 Å². The van der Waals surface area contributed by atoms with Gasteiger partial charge in [0.05, 0.1) is 18.0 Å². The van der Waals surface area contributed by atoms with Crippen LogP contribution >= 0.6 is 22.7 Å². The van der Waals surface area contributed by atoms with Gasteiger partial charge in [-0.2, -0.15) is 11.3 Å². The van der Waals surface area contributed by atoms with Crippen LogP contribution < -0.4 is 15.4 Å². The third-order valence-corrected chi connectivity index (χ3v) is 5.26. The molecule has 0 fully saturated rings. The first kappa shape index (κ1) is 18.2. The molecule has 2 heterocycles. The molecule has 1 aromatic carbocycles. The van der Waals surface area contributed by atoms with Crippen molar-refractivity contribution in [3.8, 4) is 5.75 Å². The van der Waals surface area contributed by atoms with Gasteiger partial charge in [-0.15, -0.1) is 11.3 Å². The van der Waals surface area contributed by atoms with Gasteiger partial charge in [0.1, 0.15) is 12.4 Å². The quantitative estimate of drug-likeness (QED) is 0.455. The number of thiophene rings is 2. The molecule has 0 saturated carbocycles. The minimum absolute atomic E-state index is 0.0185. The summed E-state index contributed by atoms with van der Waals surface area (Å²) in [5, 5.41) is 9.24. The number of carbonyl (C=O) groups is 2. The highest BCUT2D eigenvalue weighted by Crippen LogP contribution is 2.21.